The van der Waals surface area contributed by atoms with Gasteiger partial charge in [0.15, 0.2) is 0 Å². The first kappa shape index (κ1) is 24.2. The highest BCUT2D eigenvalue weighted by molar-refractivity contribution is 6.09. The first-order valence-electron chi connectivity index (χ1n) is 11.2. The predicted octanol–water partition coefficient (Wildman–Crippen LogP) is 2.65. The zero-order chi connectivity index (χ0) is 25.7. The standard InChI is InChI=1S/C24H21F4N5O3/c25-18-7-15(10-29)3-6-19(18)32-12-20(34)33(11-14-1-4-17(5-2-14)24(26,27)28)23(22(32)35)8-16(9-23)21-31-30-13-36-21/h1-7,16,21,30-31H,8-9,11-13H2. The van der Waals surface area contributed by atoms with E-state index in [2.05, 4.69) is 10.9 Å². The number of nitrogens with one attached hydrogen (secondary N) is 2. The van der Waals surface area contributed by atoms with Gasteiger partial charge < -0.3 is 9.64 Å². The van der Waals surface area contributed by atoms with Crippen molar-refractivity contribution in [3.05, 3.63) is 65.0 Å². The maximum Gasteiger partial charge on any atom is 0.416 e. The van der Waals surface area contributed by atoms with Crippen molar-refractivity contribution in [2.24, 2.45) is 5.92 Å². The maximum absolute atomic E-state index is 14.8. The van der Waals surface area contributed by atoms with Gasteiger partial charge in [-0.05, 0) is 48.7 Å². The molecule has 1 aliphatic carbocycles. The summed E-state index contributed by atoms with van der Waals surface area (Å²) in [4.78, 5) is 29.6. The van der Waals surface area contributed by atoms with Crippen LogP contribution in [-0.4, -0.2) is 41.8 Å². The molecule has 1 saturated carbocycles. The van der Waals surface area contributed by atoms with Crippen LogP contribution in [0.2, 0.25) is 0 Å². The van der Waals surface area contributed by atoms with Crippen LogP contribution in [0.25, 0.3) is 0 Å². The third kappa shape index (κ3) is 4.09. The Morgan fingerprint density at radius 2 is 1.86 bits per heavy atom. The van der Waals surface area contributed by atoms with Crippen LogP contribution in [0.5, 0.6) is 0 Å². The number of hydrogen-bond donors (Lipinski definition) is 2. The number of rotatable bonds is 4. The summed E-state index contributed by atoms with van der Waals surface area (Å²) in [5.74, 6) is -1.88. The summed E-state index contributed by atoms with van der Waals surface area (Å²) in [6.07, 6.45) is -4.42. The number of hydrogen-bond acceptors (Lipinski definition) is 6. The zero-order valence-electron chi connectivity index (χ0n) is 18.8. The van der Waals surface area contributed by atoms with Gasteiger partial charge in [0.1, 0.15) is 30.9 Å². The summed E-state index contributed by atoms with van der Waals surface area (Å²) in [5.41, 5.74) is 4.07. The normalized spacial score (nSPS) is 26.3. The van der Waals surface area contributed by atoms with Crippen molar-refractivity contribution < 1.29 is 31.9 Å². The molecule has 3 aliphatic rings. The molecule has 2 aromatic carbocycles. The van der Waals surface area contributed by atoms with Crippen molar-refractivity contribution in [2.75, 3.05) is 18.2 Å². The van der Waals surface area contributed by atoms with Gasteiger partial charge in [-0.1, -0.05) is 12.1 Å². The molecule has 0 bridgehead atoms. The zero-order valence-corrected chi connectivity index (χ0v) is 18.8. The first-order chi connectivity index (χ1) is 17.1. The Morgan fingerprint density at radius 1 is 1.14 bits per heavy atom. The Balaban J connectivity index is 1.46. The lowest BCUT2D eigenvalue weighted by molar-refractivity contribution is -0.167. The number of alkyl halides is 3. The Hall–Kier alpha value is -3.53. The molecule has 2 N–H and O–H groups in total. The average Bonchev–Trinajstić information content (AvgIpc) is 3.34. The number of ether oxygens (including phenoxy) is 1. The molecule has 1 atom stereocenters. The van der Waals surface area contributed by atoms with Crippen LogP contribution >= 0.6 is 0 Å². The molecule has 3 fully saturated rings. The molecule has 2 heterocycles. The van der Waals surface area contributed by atoms with Gasteiger partial charge in [0.25, 0.3) is 5.91 Å². The topological polar surface area (TPSA) is 97.7 Å². The van der Waals surface area contributed by atoms with Gasteiger partial charge in [-0.25, -0.2) is 15.2 Å². The number of benzene rings is 2. The molecule has 2 saturated heterocycles. The molecule has 2 aliphatic heterocycles. The Bertz CT molecular complexity index is 1230. The van der Waals surface area contributed by atoms with Crippen LogP contribution in [0, 0.1) is 23.1 Å². The highest BCUT2D eigenvalue weighted by atomic mass is 19.4. The molecule has 8 nitrogen and oxygen atoms in total. The predicted molar refractivity (Wildman–Crippen MR) is 117 cm³/mol. The lowest BCUT2D eigenvalue weighted by atomic mass is 9.64. The van der Waals surface area contributed by atoms with Gasteiger partial charge in [-0.2, -0.15) is 18.4 Å². The fourth-order valence-electron chi connectivity index (χ4n) is 5.10. The van der Waals surface area contributed by atoms with E-state index in [0.29, 0.717) is 5.56 Å². The van der Waals surface area contributed by atoms with Crippen LogP contribution in [0.4, 0.5) is 23.2 Å². The molecule has 5 rings (SSSR count). The molecule has 0 aromatic heterocycles. The minimum atomic E-state index is -4.49. The highest BCUT2D eigenvalue weighted by Gasteiger charge is 2.62. The lowest BCUT2D eigenvalue weighted by Crippen LogP contribution is -2.74. The minimum Gasteiger partial charge on any atom is -0.345 e. The second kappa shape index (κ2) is 8.85. The molecule has 0 radical (unpaired) electrons. The molecule has 2 amide bonds. The molecule has 188 valence electrons. The Labute approximate surface area is 203 Å². The molecular formula is C24H21F4N5O3. The summed E-state index contributed by atoms with van der Waals surface area (Å²) in [6.45, 7) is -0.232. The van der Waals surface area contributed by atoms with Crippen LogP contribution in [0.15, 0.2) is 42.5 Å². The van der Waals surface area contributed by atoms with Gasteiger partial charge in [-0.3, -0.25) is 14.5 Å². The maximum atomic E-state index is 14.8. The van der Waals surface area contributed by atoms with Gasteiger partial charge in [0.05, 0.1) is 22.9 Å². The number of amides is 2. The molecule has 1 unspecified atom stereocenters. The minimum absolute atomic E-state index is 0.0731. The lowest BCUT2D eigenvalue weighted by Gasteiger charge is -2.57. The van der Waals surface area contributed by atoms with Gasteiger partial charge in [0.2, 0.25) is 5.91 Å². The second-order valence-corrected chi connectivity index (χ2v) is 9.10. The van der Waals surface area contributed by atoms with E-state index in [-0.39, 0.29) is 49.5 Å². The molecule has 12 heteroatoms. The van der Waals surface area contributed by atoms with E-state index in [4.69, 9.17) is 10.00 Å². The van der Waals surface area contributed by atoms with E-state index in [0.717, 1.165) is 23.1 Å². The van der Waals surface area contributed by atoms with E-state index < -0.39 is 41.5 Å². The van der Waals surface area contributed by atoms with Crippen molar-refractivity contribution in [1.82, 2.24) is 15.8 Å². The Morgan fingerprint density at radius 3 is 2.44 bits per heavy atom. The van der Waals surface area contributed by atoms with Crippen LogP contribution in [0.3, 0.4) is 0 Å². The summed E-state index contributed by atoms with van der Waals surface area (Å²) in [7, 11) is 0. The fourth-order valence-corrected chi connectivity index (χ4v) is 5.10. The van der Waals surface area contributed by atoms with Crippen molar-refractivity contribution >= 4 is 17.5 Å². The van der Waals surface area contributed by atoms with Crippen molar-refractivity contribution in [1.29, 1.82) is 5.26 Å². The number of anilines is 1. The molecule has 36 heavy (non-hydrogen) atoms. The second-order valence-electron chi connectivity index (χ2n) is 9.10. The quantitative estimate of drug-likeness (QED) is 0.623. The summed E-state index contributed by atoms with van der Waals surface area (Å²) in [5, 5.41) is 9.01. The first-order valence-corrected chi connectivity index (χ1v) is 11.2. The largest absolute Gasteiger partial charge is 0.416 e. The van der Waals surface area contributed by atoms with E-state index in [1.807, 2.05) is 6.07 Å². The summed E-state index contributed by atoms with van der Waals surface area (Å²) in [6, 6.07) is 9.91. The summed E-state index contributed by atoms with van der Waals surface area (Å²) < 4.78 is 59.3. The summed E-state index contributed by atoms with van der Waals surface area (Å²) >= 11 is 0. The average molecular weight is 503 g/mol. The molecule has 2 aromatic rings. The molecule has 1 spiro atoms. The smallest absolute Gasteiger partial charge is 0.345 e. The van der Waals surface area contributed by atoms with Crippen molar-refractivity contribution in [3.8, 4) is 6.07 Å². The highest BCUT2D eigenvalue weighted by Crippen LogP contribution is 2.49. The van der Waals surface area contributed by atoms with Gasteiger partial charge in [0, 0.05) is 12.5 Å². The monoisotopic (exact) mass is 503 g/mol. The number of carbonyl (C=O) groups is 2. The Kier molecular flexibility index (Phi) is 5.94. The number of piperazine rings is 1. The van der Waals surface area contributed by atoms with Crippen LogP contribution in [-0.2, 0) is 27.0 Å². The SMILES string of the molecule is N#Cc1ccc(N2CC(=O)N(Cc3ccc(C(F)(F)F)cc3)C3(CC(C4NNCO4)C3)C2=O)c(F)c1. The van der Waals surface area contributed by atoms with Crippen molar-refractivity contribution in [3.63, 3.8) is 0 Å². The fraction of sp³-hybridized carbons (Fsp3) is 0.375. The number of halogens is 4. The van der Waals surface area contributed by atoms with Crippen LogP contribution in [0.1, 0.15) is 29.5 Å². The third-order valence-electron chi connectivity index (χ3n) is 6.95. The van der Waals surface area contributed by atoms with Gasteiger partial charge >= 0.3 is 6.18 Å². The van der Waals surface area contributed by atoms with E-state index in [1.165, 1.54) is 29.2 Å². The van der Waals surface area contributed by atoms with E-state index in [9.17, 15) is 27.2 Å². The molecular weight excluding hydrogens is 482 g/mol. The number of nitrogens with zero attached hydrogens (tertiary/aromatic N) is 3. The number of nitriles is 1. The van der Waals surface area contributed by atoms with E-state index in [1.54, 1.807) is 0 Å². The van der Waals surface area contributed by atoms with Gasteiger partial charge in [-0.15, -0.1) is 0 Å². The number of hydrazine groups is 1. The van der Waals surface area contributed by atoms with Crippen molar-refractivity contribution in [2.45, 2.75) is 37.3 Å². The number of carbonyl (C=O) groups excluding carboxylic acids is 2. The third-order valence-corrected chi connectivity index (χ3v) is 6.95. The van der Waals surface area contributed by atoms with E-state index >= 15 is 0 Å². The van der Waals surface area contributed by atoms with Crippen LogP contribution < -0.4 is 15.8 Å².